The lowest BCUT2D eigenvalue weighted by Crippen LogP contribution is -2.31. The summed E-state index contributed by atoms with van der Waals surface area (Å²) in [6.45, 7) is 4.09. The minimum Gasteiger partial charge on any atom is -0.494 e. The van der Waals surface area contributed by atoms with E-state index in [4.69, 9.17) is 9.47 Å². The fourth-order valence-electron chi connectivity index (χ4n) is 1.73. The van der Waals surface area contributed by atoms with Crippen LogP contribution in [-0.4, -0.2) is 25.7 Å². The molecule has 106 valence electrons. The molecule has 0 radical (unpaired) electrons. The lowest BCUT2D eigenvalue weighted by Gasteiger charge is -2.18. The third kappa shape index (κ3) is 4.43. The number of methoxy groups -OCH3 is 1. The second kappa shape index (κ2) is 7.61. The molecule has 1 unspecified atom stereocenters. The largest absolute Gasteiger partial charge is 0.494 e. The van der Waals surface area contributed by atoms with Crippen molar-refractivity contribution in [2.75, 3.05) is 19.0 Å². The summed E-state index contributed by atoms with van der Waals surface area (Å²) in [5.74, 6) is -0.590. The first kappa shape index (κ1) is 15.3. The summed E-state index contributed by atoms with van der Waals surface area (Å²) in [7, 11) is 1.40. The Bertz CT molecular complexity index is 423. The van der Waals surface area contributed by atoms with Crippen LogP contribution in [0.2, 0.25) is 0 Å². The van der Waals surface area contributed by atoms with Gasteiger partial charge in [0.2, 0.25) is 0 Å². The van der Waals surface area contributed by atoms with Gasteiger partial charge in [-0.1, -0.05) is 13.3 Å². The number of carbonyl (C=O) groups excluding carboxylic acids is 1. The van der Waals surface area contributed by atoms with Gasteiger partial charge in [0.15, 0.2) is 11.6 Å². The smallest absolute Gasteiger partial charge is 0.328 e. The summed E-state index contributed by atoms with van der Waals surface area (Å²) in [5.41, 5.74) is 0.629. The lowest BCUT2D eigenvalue weighted by atomic mass is 10.1. The number of ether oxygens (including phenoxy) is 2. The quantitative estimate of drug-likeness (QED) is 0.773. The molecule has 0 aliphatic carbocycles. The highest BCUT2D eigenvalue weighted by molar-refractivity contribution is 5.79. The Balaban J connectivity index is 2.81. The van der Waals surface area contributed by atoms with Crippen LogP contribution in [0.4, 0.5) is 10.1 Å². The molecule has 0 spiro atoms. The van der Waals surface area contributed by atoms with Crippen LogP contribution >= 0.6 is 0 Å². The van der Waals surface area contributed by atoms with E-state index in [0.29, 0.717) is 18.7 Å². The first-order valence-corrected chi connectivity index (χ1v) is 6.39. The molecule has 19 heavy (non-hydrogen) atoms. The van der Waals surface area contributed by atoms with Gasteiger partial charge >= 0.3 is 5.97 Å². The van der Waals surface area contributed by atoms with Gasteiger partial charge in [-0.3, -0.25) is 0 Å². The number of carbonyl (C=O) groups is 1. The molecule has 0 amide bonds. The van der Waals surface area contributed by atoms with Crippen LogP contribution in [0.15, 0.2) is 18.2 Å². The van der Waals surface area contributed by atoms with Gasteiger partial charge in [-0.15, -0.1) is 0 Å². The minimum atomic E-state index is -0.434. The van der Waals surface area contributed by atoms with Crippen molar-refractivity contribution < 1.29 is 18.7 Å². The van der Waals surface area contributed by atoms with E-state index in [1.165, 1.54) is 19.2 Å². The zero-order chi connectivity index (χ0) is 14.3. The van der Waals surface area contributed by atoms with Crippen LogP contribution in [0.25, 0.3) is 0 Å². The Labute approximate surface area is 112 Å². The third-order valence-electron chi connectivity index (χ3n) is 2.64. The molecule has 0 heterocycles. The summed E-state index contributed by atoms with van der Waals surface area (Å²) >= 11 is 0. The number of benzene rings is 1. The molecule has 1 aromatic carbocycles. The molecule has 0 aliphatic heterocycles. The molecular weight excluding hydrogens is 249 g/mol. The van der Waals surface area contributed by atoms with Gasteiger partial charge in [0.05, 0.1) is 13.7 Å². The van der Waals surface area contributed by atoms with Crippen LogP contribution in [0.3, 0.4) is 0 Å². The predicted molar refractivity (Wildman–Crippen MR) is 71.9 cm³/mol. The van der Waals surface area contributed by atoms with E-state index in [9.17, 15) is 9.18 Å². The summed E-state index contributed by atoms with van der Waals surface area (Å²) in [6, 6.07) is 3.96. The molecule has 0 aromatic heterocycles. The maximum absolute atomic E-state index is 13.3. The standard InChI is InChI=1S/C14H20FNO3/c1-4-6-12(14(17)19-5-2)16-10-7-8-11(15)13(9-10)18-3/h7-9,12,16H,4-6H2,1-3H3. The zero-order valence-electron chi connectivity index (χ0n) is 11.5. The first-order chi connectivity index (χ1) is 9.12. The highest BCUT2D eigenvalue weighted by Gasteiger charge is 2.19. The Morgan fingerprint density at radius 2 is 2.16 bits per heavy atom. The van der Waals surface area contributed by atoms with E-state index in [-0.39, 0.29) is 11.7 Å². The molecule has 4 nitrogen and oxygen atoms in total. The highest BCUT2D eigenvalue weighted by atomic mass is 19.1. The molecule has 1 aromatic rings. The SMILES string of the molecule is CCCC(Nc1ccc(F)c(OC)c1)C(=O)OCC. The number of hydrogen-bond donors (Lipinski definition) is 1. The summed E-state index contributed by atoms with van der Waals surface area (Å²) in [4.78, 5) is 11.8. The maximum atomic E-state index is 13.3. The van der Waals surface area contributed by atoms with E-state index < -0.39 is 11.9 Å². The zero-order valence-corrected chi connectivity index (χ0v) is 11.5. The molecule has 1 rings (SSSR count). The van der Waals surface area contributed by atoms with Crippen molar-refractivity contribution >= 4 is 11.7 Å². The van der Waals surface area contributed by atoms with Gasteiger partial charge in [0.25, 0.3) is 0 Å². The summed E-state index contributed by atoms with van der Waals surface area (Å²) in [6.07, 6.45) is 1.49. The Morgan fingerprint density at radius 1 is 1.42 bits per heavy atom. The van der Waals surface area contributed by atoms with Crippen LogP contribution in [0.5, 0.6) is 5.75 Å². The van der Waals surface area contributed by atoms with E-state index in [0.717, 1.165) is 6.42 Å². The highest BCUT2D eigenvalue weighted by Crippen LogP contribution is 2.22. The Kier molecular flexibility index (Phi) is 6.12. The van der Waals surface area contributed by atoms with Crippen molar-refractivity contribution in [1.82, 2.24) is 0 Å². The summed E-state index contributed by atoms with van der Waals surface area (Å²) < 4.78 is 23.2. The van der Waals surface area contributed by atoms with Gasteiger partial charge in [0.1, 0.15) is 6.04 Å². The molecule has 0 saturated carbocycles. The van der Waals surface area contributed by atoms with E-state index in [1.807, 2.05) is 6.92 Å². The molecule has 5 heteroatoms. The number of nitrogens with one attached hydrogen (secondary N) is 1. The predicted octanol–water partition coefficient (Wildman–Crippen LogP) is 2.98. The lowest BCUT2D eigenvalue weighted by molar-refractivity contribution is -0.144. The average molecular weight is 269 g/mol. The molecule has 0 saturated heterocycles. The van der Waals surface area contributed by atoms with Gasteiger partial charge in [-0.25, -0.2) is 9.18 Å². The second-order valence-corrected chi connectivity index (χ2v) is 4.09. The van der Waals surface area contributed by atoms with Crippen LogP contribution < -0.4 is 10.1 Å². The van der Waals surface area contributed by atoms with Gasteiger partial charge in [-0.05, 0) is 25.5 Å². The Morgan fingerprint density at radius 3 is 2.74 bits per heavy atom. The number of esters is 1. The second-order valence-electron chi connectivity index (χ2n) is 4.09. The van der Waals surface area contributed by atoms with Gasteiger partial charge in [0, 0.05) is 11.8 Å². The fraction of sp³-hybridized carbons (Fsp3) is 0.500. The maximum Gasteiger partial charge on any atom is 0.328 e. The van der Waals surface area contributed by atoms with E-state index in [1.54, 1.807) is 13.0 Å². The number of hydrogen-bond acceptors (Lipinski definition) is 4. The van der Waals surface area contributed by atoms with Crippen molar-refractivity contribution in [2.45, 2.75) is 32.7 Å². The number of anilines is 1. The van der Waals surface area contributed by atoms with Gasteiger partial charge < -0.3 is 14.8 Å². The molecule has 1 atom stereocenters. The third-order valence-corrected chi connectivity index (χ3v) is 2.64. The number of halogens is 1. The molecule has 0 aliphatic rings. The van der Waals surface area contributed by atoms with Crippen molar-refractivity contribution in [3.05, 3.63) is 24.0 Å². The Hall–Kier alpha value is -1.78. The number of rotatable bonds is 7. The van der Waals surface area contributed by atoms with Crippen molar-refractivity contribution in [2.24, 2.45) is 0 Å². The monoisotopic (exact) mass is 269 g/mol. The van der Waals surface area contributed by atoms with Crippen LogP contribution in [0, 0.1) is 5.82 Å². The molecular formula is C14H20FNO3. The van der Waals surface area contributed by atoms with E-state index >= 15 is 0 Å². The van der Waals surface area contributed by atoms with Crippen LogP contribution in [0.1, 0.15) is 26.7 Å². The average Bonchev–Trinajstić information content (AvgIpc) is 2.40. The van der Waals surface area contributed by atoms with Crippen LogP contribution in [-0.2, 0) is 9.53 Å². The molecule has 0 fully saturated rings. The molecule has 0 bridgehead atoms. The normalized spacial score (nSPS) is 11.8. The van der Waals surface area contributed by atoms with Crippen molar-refractivity contribution in [3.8, 4) is 5.75 Å². The topological polar surface area (TPSA) is 47.6 Å². The fourth-order valence-corrected chi connectivity index (χ4v) is 1.73. The molecule has 1 N–H and O–H groups in total. The first-order valence-electron chi connectivity index (χ1n) is 6.39. The van der Waals surface area contributed by atoms with Gasteiger partial charge in [-0.2, -0.15) is 0 Å². The minimum absolute atomic E-state index is 0.143. The van der Waals surface area contributed by atoms with Crippen molar-refractivity contribution in [3.63, 3.8) is 0 Å². The van der Waals surface area contributed by atoms with Crippen molar-refractivity contribution in [1.29, 1.82) is 0 Å². The van der Waals surface area contributed by atoms with E-state index in [2.05, 4.69) is 5.32 Å². The summed E-state index contributed by atoms with van der Waals surface area (Å²) in [5, 5.41) is 3.05.